The third kappa shape index (κ3) is 6.22. The van der Waals surface area contributed by atoms with Crippen LogP contribution in [0.3, 0.4) is 0 Å². The van der Waals surface area contributed by atoms with Crippen LogP contribution in [0.1, 0.15) is 22.6 Å². The molecule has 0 aliphatic carbocycles. The van der Waals surface area contributed by atoms with E-state index < -0.39 is 11.7 Å². The van der Waals surface area contributed by atoms with Crippen LogP contribution in [-0.4, -0.2) is 60.8 Å². The monoisotopic (exact) mass is 506 g/mol. The van der Waals surface area contributed by atoms with Gasteiger partial charge in [0.15, 0.2) is 0 Å². The first-order valence-corrected chi connectivity index (χ1v) is 11.0. The summed E-state index contributed by atoms with van der Waals surface area (Å²) in [7, 11) is 0. The highest BCUT2D eigenvalue weighted by Gasteiger charge is 2.33. The van der Waals surface area contributed by atoms with Gasteiger partial charge in [-0.3, -0.25) is 9.80 Å². The number of rotatable bonds is 5. The number of nitrogens with zero attached hydrogens (tertiary/aromatic N) is 2. The normalized spacial score (nSPS) is 19.1. The zero-order chi connectivity index (χ0) is 21.1. The van der Waals surface area contributed by atoms with Gasteiger partial charge in [-0.2, -0.15) is 13.2 Å². The molecule has 176 valence electrons. The Hall–Kier alpha value is -1.22. The van der Waals surface area contributed by atoms with E-state index >= 15 is 0 Å². The summed E-state index contributed by atoms with van der Waals surface area (Å²) < 4.78 is 39.9. The molecule has 2 heterocycles. The summed E-state index contributed by atoms with van der Waals surface area (Å²) in [6, 6.07) is 12.0. The number of aliphatic hydroxyl groups excluding tert-OH is 1. The molecule has 0 radical (unpaired) electrons. The van der Waals surface area contributed by atoms with Crippen LogP contribution in [0.5, 0.6) is 0 Å². The van der Waals surface area contributed by atoms with Gasteiger partial charge in [-0.25, -0.2) is 0 Å². The fourth-order valence-electron chi connectivity index (χ4n) is 4.07. The molecule has 1 unspecified atom stereocenters. The third-order valence-corrected chi connectivity index (χ3v) is 6.90. The van der Waals surface area contributed by atoms with Crippen molar-refractivity contribution in [2.75, 3.05) is 45.9 Å². The average Bonchev–Trinajstić information content (AvgIpc) is 2.73. The van der Waals surface area contributed by atoms with Gasteiger partial charge in [0.1, 0.15) is 0 Å². The van der Waals surface area contributed by atoms with Crippen LogP contribution in [0.25, 0.3) is 0 Å². The molecule has 2 aromatic carbocycles. The van der Waals surface area contributed by atoms with Crippen LogP contribution in [0.4, 0.5) is 13.2 Å². The molecule has 9 heteroatoms. The molecule has 0 amide bonds. The number of hydrogen-bond donors (Lipinski definition) is 1. The number of fused-ring (bicyclic) bond motifs is 2. The van der Waals surface area contributed by atoms with Gasteiger partial charge in [-0.05, 0) is 35.4 Å². The first kappa shape index (κ1) is 27.0. The van der Waals surface area contributed by atoms with Crippen molar-refractivity contribution in [3.8, 4) is 0 Å². The summed E-state index contributed by atoms with van der Waals surface area (Å²) in [5.41, 5.74) is 1.18. The Morgan fingerprint density at radius 3 is 2.28 bits per heavy atom. The van der Waals surface area contributed by atoms with Crippen LogP contribution in [0, 0.1) is 0 Å². The number of β-amino-alcohol motifs (C(OH)–C–C–N with tert-alkyl or cyclic N) is 1. The Bertz CT molecular complexity index is 918. The molecule has 3 nitrogen and oxygen atoms in total. The molecule has 2 aliphatic heterocycles. The number of aliphatic hydroxyl groups is 1. The highest BCUT2D eigenvalue weighted by molar-refractivity contribution is 7.99. The lowest BCUT2D eigenvalue weighted by Crippen LogP contribution is -2.47. The fourth-order valence-corrected chi connectivity index (χ4v) is 5.20. The van der Waals surface area contributed by atoms with Crippen molar-refractivity contribution in [2.45, 2.75) is 21.9 Å². The van der Waals surface area contributed by atoms with E-state index in [-0.39, 0.29) is 37.3 Å². The SMILES string of the molecule is Cl.Cl.OCCN1CCN(CC=CC2c3ccccc3Sc3ccc(C(F)(F)F)cc32)CC1. The summed E-state index contributed by atoms with van der Waals surface area (Å²) in [6.45, 7) is 5.36. The number of hydrogen-bond acceptors (Lipinski definition) is 4. The van der Waals surface area contributed by atoms with Crippen molar-refractivity contribution in [3.63, 3.8) is 0 Å². The topological polar surface area (TPSA) is 26.7 Å². The van der Waals surface area contributed by atoms with Gasteiger partial charge in [0, 0.05) is 55.0 Å². The largest absolute Gasteiger partial charge is 0.416 e. The first-order valence-electron chi connectivity index (χ1n) is 10.2. The number of piperazine rings is 1. The molecule has 1 N–H and O–H groups in total. The smallest absolute Gasteiger partial charge is 0.395 e. The second kappa shape index (κ2) is 11.8. The molecule has 2 aromatic rings. The van der Waals surface area contributed by atoms with Crippen molar-refractivity contribution in [1.82, 2.24) is 9.80 Å². The molecule has 1 fully saturated rings. The maximum atomic E-state index is 13.3. The van der Waals surface area contributed by atoms with E-state index in [9.17, 15) is 13.2 Å². The zero-order valence-corrected chi connectivity index (χ0v) is 19.9. The molecule has 0 aromatic heterocycles. The van der Waals surface area contributed by atoms with Crippen molar-refractivity contribution < 1.29 is 18.3 Å². The van der Waals surface area contributed by atoms with E-state index in [1.165, 1.54) is 23.9 Å². The number of halogens is 5. The molecule has 32 heavy (non-hydrogen) atoms. The van der Waals surface area contributed by atoms with Crippen molar-refractivity contribution in [2.24, 2.45) is 0 Å². The van der Waals surface area contributed by atoms with E-state index in [2.05, 4.69) is 22.0 Å². The lowest BCUT2D eigenvalue weighted by atomic mass is 9.89. The molecule has 0 bridgehead atoms. The molecule has 0 spiro atoms. The Balaban J connectivity index is 0.00000181. The predicted molar refractivity (Wildman–Crippen MR) is 127 cm³/mol. The molecular formula is C23H27Cl2F3N2OS. The van der Waals surface area contributed by atoms with Crippen molar-refractivity contribution >= 4 is 36.6 Å². The fraction of sp³-hybridized carbons (Fsp3) is 0.391. The minimum atomic E-state index is -4.35. The number of allylic oxidation sites excluding steroid dienone is 1. The van der Waals surface area contributed by atoms with Gasteiger partial charge in [0.2, 0.25) is 0 Å². The van der Waals surface area contributed by atoms with Crippen LogP contribution < -0.4 is 0 Å². The van der Waals surface area contributed by atoms with Crippen molar-refractivity contribution in [1.29, 1.82) is 0 Å². The van der Waals surface area contributed by atoms with Crippen LogP contribution >= 0.6 is 36.6 Å². The molecule has 1 saturated heterocycles. The highest BCUT2D eigenvalue weighted by Crippen LogP contribution is 2.47. The first-order chi connectivity index (χ1) is 14.5. The second-order valence-corrected chi connectivity index (χ2v) is 8.75. The minimum Gasteiger partial charge on any atom is -0.395 e. The zero-order valence-electron chi connectivity index (χ0n) is 17.4. The van der Waals surface area contributed by atoms with Crippen LogP contribution in [-0.2, 0) is 6.18 Å². The van der Waals surface area contributed by atoms with E-state index in [0.717, 1.165) is 53.6 Å². The minimum absolute atomic E-state index is 0. The Morgan fingerprint density at radius 1 is 0.938 bits per heavy atom. The summed E-state index contributed by atoms with van der Waals surface area (Å²) >= 11 is 1.53. The lowest BCUT2D eigenvalue weighted by molar-refractivity contribution is -0.137. The lowest BCUT2D eigenvalue weighted by Gasteiger charge is -2.33. The second-order valence-electron chi connectivity index (χ2n) is 7.66. The van der Waals surface area contributed by atoms with Gasteiger partial charge < -0.3 is 5.11 Å². The Morgan fingerprint density at radius 2 is 1.59 bits per heavy atom. The van der Waals surface area contributed by atoms with E-state index in [0.29, 0.717) is 6.54 Å². The summed E-state index contributed by atoms with van der Waals surface area (Å²) in [4.78, 5) is 6.55. The average molecular weight is 507 g/mol. The standard InChI is InChI=1S/C23H25F3N2OS.2ClH/c24-23(25,26)17-7-8-22-20(16-17)18(19-4-1-2-6-21(19)30-22)5-3-9-27-10-12-28(13-11-27)14-15-29;;/h1-8,16,18,29H,9-15H2;2*1H. The van der Waals surface area contributed by atoms with E-state index in [1.54, 1.807) is 6.07 Å². The predicted octanol–water partition coefficient (Wildman–Crippen LogP) is 5.31. The van der Waals surface area contributed by atoms with E-state index in [4.69, 9.17) is 5.11 Å². The maximum absolute atomic E-state index is 13.3. The molecule has 2 aliphatic rings. The van der Waals surface area contributed by atoms with Gasteiger partial charge >= 0.3 is 6.18 Å². The maximum Gasteiger partial charge on any atom is 0.416 e. The van der Waals surface area contributed by atoms with Gasteiger partial charge in [-0.1, -0.05) is 42.1 Å². The third-order valence-electron chi connectivity index (χ3n) is 5.72. The van der Waals surface area contributed by atoms with Gasteiger partial charge in [0.05, 0.1) is 12.2 Å². The van der Waals surface area contributed by atoms with E-state index in [1.807, 2.05) is 24.3 Å². The number of alkyl halides is 3. The van der Waals surface area contributed by atoms with Gasteiger partial charge in [0.25, 0.3) is 0 Å². The van der Waals surface area contributed by atoms with Gasteiger partial charge in [-0.15, -0.1) is 24.8 Å². The number of benzene rings is 2. The van der Waals surface area contributed by atoms with Crippen molar-refractivity contribution in [3.05, 3.63) is 71.3 Å². The molecule has 0 saturated carbocycles. The van der Waals surface area contributed by atoms with Crippen LogP contribution in [0.15, 0.2) is 64.4 Å². The highest BCUT2D eigenvalue weighted by atomic mass is 35.5. The summed E-state index contributed by atoms with van der Waals surface area (Å²) in [5.74, 6) is -0.185. The Kier molecular flexibility index (Phi) is 9.94. The molecular weight excluding hydrogens is 480 g/mol. The summed E-state index contributed by atoms with van der Waals surface area (Å²) in [5, 5.41) is 9.06. The molecule has 4 rings (SSSR count). The summed E-state index contributed by atoms with van der Waals surface area (Å²) in [6.07, 6.45) is -0.208. The molecule has 1 atom stereocenters. The Labute approximate surface area is 203 Å². The van der Waals surface area contributed by atoms with Crippen LogP contribution in [0.2, 0.25) is 0 Å². The quantitative estimate of drug-likeness (QED) is 0.555.